The van der Waals surface area contributed by atoms with Crippen LogP contribution in [-0.4, -0.2) is 30.1 Å². The van der Waals surface area contributed by atoms with Gasteiger partial charge in [-0.15, -0.1) is 0 Å². The summed E-state index contributed by atoms with van der Waals surface area (Å²) in [7, 11) is 1.29. The summed E-state index contributed by atoms with van der Waals surface area (Å²) in [5, 5.41) is 5.58. The smallest absolute Gasteiger partial charge is 0.337 e. The van der Waals surface area contributed by atoms with Gasteiger partial charge in [-0.25, -0.2) is 14.0 Å². The van der Waals surface area contributed by atoms with Crippen LogP contribution in [0.3, 0.4) is 0 Å². The van der Waals surface area contributed by atoms with E-state index in [2.05, 4.69) is 15.6 Å². The average Bonchev–Trinajstić information content (AvgIpc) is 3.66. The van der Waals surface area contributed by atoms with Crippen molar-refractivity contribution in [1.82, 2.24) is 15.6 Å². The van der Waals surface area contributed by atoms with Gasteiger partial charge in [0, 0.05) is 24.3 Å². The number of nitrogens with one attached hydrogen (secondary N) is 3. The number of aryl methyl sites for hydroxylation is 2. The Morgan fingerprint density at radius 3 is 2.58 bits per heavy atom. The monoisotopic (exact) mass is 493 g/mol. The van der Waals surface area contributed by atoms with E-state index in [-0.39, 0.29) is 36.3 Å². The Labute approximate surface area is 207 Å². The molecule has 0 spiro atoms. The predicted octanol–water partition coefficient (Wildman–Crippen LogP) is 4.13. The molecule has 1 aliphatic carbocycles. The Bertz CT molecular complexity index is 1360. The van der Waals surface area contributed by atoms with Crippen molar-refractivity contribution in [1.29, 1.82) is 0 Å². The predicted molar refractivity (Wildman–Crippen MR) is 132 cm³/mol. The fourth-order valence-corrected chi connectivity index (χ4v) is 3.86. The van der Waals surface area contributed by atoms with Gasteiger partial charge < -0.3 is 25.1 Å². The highest BCUT2D eigenvalue weighted by Gasteiger charge is 2.23. The highest BCUT2D eigenvalue weighted by Crippen LogP contribution is 2.31. The van der Waals surface area contributed by atoms with Crippen molar-refractivity contribution >= 4 is 12.0 Å². The van der Waals surface area contributed by atoms with Gasteiger partial charge in [0.2, 0.25) is 0 Å². The van der Waals surface area contributed by atoms with E-state index in [0.717, 1.165) is 18.4 Å². The maximum atomic E-state index is 14.0. The van der Waals surface area contributed by atoms with E-state index in [9.17, 15) is 18.8 Å². The lowest BCUT2D eigenvalue weighted by Gasteiger charge is -2.16. The molecule has 2 amide bonds. The van der Waals surface area contributed by atoms with Crippen molar-refractivity contribution < 1.29 is 23.5 Å². The lowest BCUT2D eigenvalue weighted by atomic mass is 9.98. The van der Waals surface area contributed by atoms with Crippen LogP contribution in [-0.2, 0) is 17.9 Å². The molecule has 1 fully saturated rings. The number of benzene rings is 2. The van der Waals surface area contributed by atoms with Crippen LogP contribution in [0.5, 0.6) is 5.75 Å². The largest absolute Gasteiger partial charge is 0.488 e. The molecule has 188 valence electrons. The number of aromatic nitrogens is 1. The molecule has 0 radical (unpaired) electrons. The highest BCUT2D eigenvalue weighted by atomic mass is 19.1. The number of amides is 2. The number of carbonyl (C=O) groups excluding carboxylic acids is 2. The third kappa shape index (κ3) is 5.91. The van der Waals surface area contributed by atoms with E-state index in [1.165, 1.54) is 19.2 Å². The number of urea groups is 1. The van der Waals surface area contributed by atoms with Gasteiger partial charge in [0.15, 0.2) is 0 Å². The molecular weight excluding hydrogens is 465 g/mol. The summed E-state index contributed by atoms with van der Waals surface area (Å²) in [4.78, 5) is 39.9. The molecule has 0 unspecified atom stereocenters. The van der Waals surface area contributed by atoms with Crippen molar-refractivity contribution in [3.8, 4) is 16.9 Å². The summed E-state index contributed by atoms with van der Waals surface area (Å²) in [5.74, 6) is -0.631. The molecule has 1 aromatic heterocycles. The zero-order valence-electron chi connectivity index (χ0n) is 20.4. The van der Waals surface area contributed by atoms with Gasteiger partial charge in [-0.3, -0.25) is 4.79 Å². The minimum absolute atomic E-state index is 0.0349. The van der Waals surface area contributed by atoms with Crippen LogP contribution in [0.1, 0.15) is 45.6 Å². The van der Waals surface area contributed by atoms with Crippen molar-refractivity contribution in [3.63, 3.8) is 0 Å². The molecule has 0 bridgehead atoms. The second-order valence-corrected chi connectivity index (χ2v) is 8.85. The van der Waals surface area contributed by atoms with E-state index < -0.39 is 11.8 Å². The minimum atomic E-state index is -0.517. The molecule has 3 N–H and O–H groups in total. The van der Waals surface area contributed by atoms with Gasteiger partial charge in [0.1, 0.15) is 18.2 Å². The third-order valence-corrected chi connectivity index (χ3v) is 5.96. The number of pyridine rings is 1. The van der Waals surface area contributed by atoms with Crippen molar-refractivity contribution in [2.75, 3.05) is 7.11 Å². The van der Waals surface area contributed by atoms with Gasteiger partial charge in [0.05, 0.1) is 18.2 Å². The molecule has 36 heavy (non-hydrogen) atoms. The molecule has 0 aliphatic heterocycles. The minimum Gasteiger partial charge on any atom is -0.488 e. The average molecular weight is 494 g/mol. The van der Waals surface area contributed by atoms with Crippen molar-refractivity contribution in [2.24, 2.45) is 0 Å². The normalized spacial score (nSPS) is 12.7. The van der Waals surface area contributed by atoms with E-state index >= 15 is 0 Å². The molecule has 1 saturated carbocycles. The molecule has 0 saturated heterocycles. The number of halogens is 1. The second-order valence-electron chi connectivity index (χ2n) is 8.85. The zero-order chi connectivity index (χ0) is 25.8. The maximum absolute atomic E-state index is 14.0. The fourth-order valence-electron chi connectivity index (χ4n) is 3.86. The standard InChI is InChI=1S/C27H28FN3O5/c1-15-4-5-17(26(33)35-3)12-22(15)24-23(10-16(2)30-25(24)32)36-14-18-6-7-20(28)11-19(18)13-29-27(34)31-21-8-9-21/h4-7,10-12,21H,8-9,13-14H2,1-3H3,(H,30,32)(H2,29,31,34). The van der Waals surface area contributed by atoms with Gasteiger partial charge in [-0.1, -0.05) is 12.1 Å². The summed E-state index contributed by atoms with van der Waals surface area (Å²) in [6.45, 7) is 3.72. The molecule has 0 atom stereocenters. The van der Waals surface area contributed by atoms with Gasteiger partial charge >= 0.3 is 12.0 Å². The van der Waals surface area contributed by atoms with Crippen LogP contribution in [0.2, 0.25) is 0 Å². The lowest BCUT2D eigenvalue weighted by Crippen LogP contribution is -2.36. The molecular formula is C27H28FN3O5. The Balaban J connectivity index is 1.62. The molecule has 1 heterocycles. The van der Waals surface area contributed by atoms with Crippen molar-refractivity contribution in [2.45, 2.75) is 45.9 Å². The molecule has 2 aromatic carbocycles. The number of aromatic amines is 1. The Morgan fingerprint density at radius 1 is 1.08 bits per heavy atom. The van der Waals surface area contributed by atoms with Crippen molar-refractivity contribution in [3.05, 3.63) is 86.6 Å². The van der Waals surface area contributed by atoms with E-state index in [0.29, 0.717) is 33.7 Å². The van der Waals surface area contributed by atoms with E-state index in [1.54, 1.807) is 37.3 Å². The maximum Gasteiger partial charge on any atom is 0.337 e. The van der Waals surface area contributed by atoms with Crippen LogP contribution in [0, 0.1) is 19.7 Å². The van der Waals surface area contributed by atoms with Crippen LogP contribution in [0.15, 0.2) is 47.3 Å². The van der Waals surface area contributed by atoms with Gasteiger partial charge in [-0.2, -0.15) is 0 Å². The summed E-state index contributed by atoms with van der Waals surface area (Å²) in [6, 6.07) is 10.8. The Hall–Kier alpha value is -4.14. The SMILES string of the molecule is COC(=O)c1ccc(C)c(-c2c(OCc3ccc(F)cc3CNC(=O)NC3CC3)cc(C)[nH]c2=O)c1. The molecule has 3 aromatic rings. The quantitative estimate of drug-likeness (QED) is 0.409. The van der Waals surface area contributed by atoms with Crippen LogP contribution in [0.25, 0.3) is 11.1 Å². The first-order chi connectivity index (χ1) is 17.2. The Kier molecular flexibility index (Phi) is 7.38. The number of hydrogen-bond donors (Lipinski definition) is 3. The molecule has 9 heteroatoms. The topological polar surface area (TPSA) is 110 Å². The van der Waals surface area contributed by atoms with Crippen LogP contribution < -0.4 is 20.9 Å². The number of rotatable bonds is 8. The summed E-state index contributed by atoms with van der Waals surface area (Å²) < 4.78 is 24.9. The second kappa shape index (κ2) is 10.6. The van der Waals surface area contributed by atoms with E-state index in [4.69, 9.17) is 9.47 Å². The highest BCUT2D eigenvalue weighted by molar-refractivity contribution is 5.91. The molecule has 1 aliphatic rings. The summed E-state index contributed by atoms with van der Waals surface area (Å²) in [6.07, 6.45) is 1.93. The first kappa shape index (κ1) is 25.0. The first-order valence-electron chi connectivity index (χ1n) is 11.6. The first-order valence-corrected chi connectivity index (χ1v) is 11.6. The lowest BCUT2D eigenvalue weighted by molar-refractivity contribution is 0.0600. The number of ether oxygens (including phenoxy) is 2. The molecule has 4 rings (SSSR count). The summed E-state index contributed by atoms with van der Waals surface area (Å²) in [5.41, 5.74) is 3.34. The number of hydrogen-bond acceptors (Lipinski definition) is 5. The summed E-state index contributed by atoms with van der Waals surface area (Å²) >= 11 is 0. The number of esters is 1. The molecule has 8 nitrogen and oxygen atoms in total. The number of methoxy groups -OCH3 is 1. The van der Waals surface area contributed by atoms with Gasteiger partial charge in [-0.05, 0) is 73.2 Å². The fraction of sp³-hybridized carbons (Fsp3) is 0.296. The zero-order valence-corrected chi connectivity index (χ0v) is 20.4. The van der Waals surface area contributed by atoms with Gasteiger partial charge in [0.25, 0.3) is 5.56 Å². The van der Waals surface area contributed by atoms with Crippen LogP contribution >= 0.6 is 0 Å². The number of carbonyl (C=O) groups is 2. The van der Waals surface area contributed by atoms with E-state index in [1.807, 2.05) is 6.92 Å². The van der Waals surface area contributed by atoms with Crippen LogP contribution in [0.4, 0.5) is 9.18 Å². The Morgan fingerprint density at radius 2 is 1.86 bits per heavy atom. The number of H-pyrrole nitrogens is 1. The third-order valence-electron chi connectivity index (χ3n) is 5.96.